The first-order chi connectivity index (χ1) is 16.9. The van der Waals surface area contributed by atoms with Crippen LogP contribution in [0.3, 0.4) is 0 Å². The zero-order valence-electron chi connectivity index (χ0n) is 18.1. The van der Waals surface area contributed by atoms with Crippen molar-refractivity contribution in [3.8, 4) is 0 Å². The average Bonchev–Trinajstić information content (AvgIpc) is 3.20. The van der Waals surface area contributed by atoms with Gasteiger partial charge in [-0.3, -0.25) is 4.79 Å². The number of aromatic nitrogens is 1. The molecule has 4 rings (SSSR count). The molecule has 0 aliphatic heterocycles. The summed E-state index contributed by atoms with van der Waals surface area (Å²) in [5.74, 6) is -5.69. The Kier molecular flexibility index (Phi) is 6.56. The zero-order chi connectivity index (χ0) is 26.3. The number of hydrogen-bond acceptors (Lipinski definition) is 3. The van der Waals surface area contributed by atoms with Crippen LogP contribution in [0.4, 0.5) is 26.3 Å². The van der Waals surface area contributed by atoms with E-state index in [0.717, 1.165) is 52.6 Å². The van der Waals surface area contributed by atoms with E-state index in [0.29, 0.717) is 0 Å². The molecule has 1 amide bonds. The number of nitrogens with zero attached hydrogens (tertiary/aromatic N) is 2. The molecular weight excluding hydrogens is 510 g/mol. The number of rotatable bonds is 6. The van der Waals surface area contributed by atoms with Gasteiger partial charge < -0.3 is 4.90 Å². The van der Waals surface area contributed by atoms with Crippen LogP contribution in [0.5, 0.6) is 0 Å². The summed E-state index contributed by atoms with van der Waals surface area (Å²) in [6.07, 6.45) is -4.29. The summed E-state index contributed by atoms with van der Waals surface area (Å²) in [6.45, 7) is -1.69. The van der Waals surface area contributed by atoms with Crippen molar-refractivity contribution in [1.29, 1.82) is 0 Å². The van der Waals surface area contributed by atoms with Gasteiger partial charge in [0.2, 0.25) is 0 Å². The molecule has 0 saturated heterocycles. The lowest BCUT2D eigenvalue weighted by Crippen LogP contribution is -2.40. The minimum absolute atomic E-state index is 0.00528. The Morgan fingerprint density at radius 3 is 2.14 bits per heavy atom. The maximum atomic E-state index is 14.2. The molecular formula is C24H16F6N2O3S. The predicted octanol–water partition coefficient (Wildman–Crippen LogP) is 5.39. The van der Waals surface area contributed by atoms with E-state index < -0.39 is 58.2 Å². The lowest BCUT2D eigenvalue weighted by Gasteiger charge is -2.24. The van der Waals surface area contributed by atoms with E-state index in [1.807, 2.05) is 0 Å². The monoisotopic (exact) mass is 526 g/mol. The van der Waals surface area contributed by atoms with E-state index in [9.17, 15) is 39.6 Å². The number of benzene rings is 3. The predicted molar refractivity (Wildman–Crippen MR) is 118 cm³/mol. The second kappa shape index (κ2) is 9.34. The minimum Gasteiger partial charge on any atom is -0.326 e. The first-order valence-electron chi connectivity index (χ1n) is 10.3. The normalized spacial score (nSPS) is 12.2. The average molecular weight is 526 g/mol. The molecule has 0 atom stereocenters. The van der Waals surface area contributed by atoms with E-state index in [4.69, 9.17) is 0 Å². The molecule has 0 bridgehead atoms. The number of amides is 1. The Bertz CT molecular complexity index is 1550. The SMILES string of the molecule is O=C(N(Cc1cccc(F)c1F)Cc1cn(S(=O)(=O)c2ccc(F)cc2)c2ccccc12)C(F)(F)F. The smallest absolute Gasteiger partial charge is 0.326 e. The van der Waals surface area contributed by atoms with Crippen molar-refractivity contribution in [3.05, 3.63) is 102 Å². The molecule has 0 unspecified atom stereocenters. The third-order valence-corrected chi connectivity index (χ3v) is 7.10. The molecule has 0 aliphatic rings. The van der Waals surface area contributed by atoms with Crippen LogP contribution in [0.25, 0.3) is 10.9 Å². The summed E-state index contributed by atoms with van der Waals surface area (Å²) >= 11 is 0. The molecule has 1 heterocycles. The fourth-order valence-electron chi connectivity index (χ4n) is 3.72. The molecule has 188 valence electrons. The topological polar surface area (TPSA) is 59.4 Å². The highest BCUT2D eigenvalue weighted by molar-refractivity contribution is 7.90. The first-order valence-corrected chi connectivity index (χ1v) is 11.7. The van der Waals surface area contributed by atoms with Crippen LogP contribution in [-0.4, -0.2) is 29.4 Å². The van der Waals surface area contributed by atoms with E-state index in [1.54, 1.807) is 0 Å². The summed E-state index contributed by atoms with van der Waals surface area (Å²) in [7, 11) is -4.30. The van der Waals surface area contributed by atoms with Crippen molar-refractivity contribution < 1.29 is 39.6 Å². The molecule has 0 N–H and O–H groups in total. The van der Waals surface area contributed by atoms with Crippen LogP contribution in [0, 0.1) is 17.5 Å². The number of carbonyl (C=O) groups is 1. The molecule has 0 aliphatic carbocycles. The number of fused-ring (bicyclic) bond motifs is 1. The molecule has 36 heavy (non-hydrogen) atoms. The highest BCUT2D eigenvalue weighted by atomic mass is 32.2. The third-order valence-electron chi connectivity index (χ3n) is 5.41. The standard InChI is InChI=1S/C24H16F6N2O3S/c25-17-8-10-18(11-9-17)36(34,35)32-14-16(19-5-1-2-7-21(19)32)13-31(23(33)24(28,29)30)12-15-4-3-6-20(26)22(15)27/h1-11,14H,12-13H2. The maximum Gasteiger partial charge on any atom is 0.471 e. The van der Waals surface area contributed by atoms with Crippen molar-refractivity contribution in [2.45, 2.75) is 24.2 Å². The quantitative estimate of drug-likeness (QED) is 0.317. The summed E-state index contributed by atoms with van der Waals surface area (Å²) < 4.78 is 108. The van der Waals surface area contributed by atoms with Crippen molar-refractivity contribution >= 4 is 26.8 Å². The maximum absolute atomic E-state index is 14.2. The Balaban J connectivity index is 1.81. The number of para-hydroxylation sites is 1. The van der Waals surface area contributed by atoms with Crippen LogP contribution >= 0.6 is 0 Å². The molecule has 5 nitrogen and oxygen atoms in total. The van der Waals surface area contributed by atoms with Gasteiger partial charge in [0.15, 0.2) is 11.6 Å². The Labute approximate surface area is 201 Å². The van der Waals surface area contributed by atoms with Gasteiger partial charge in [0.05, 0.1) is 10.4 Å². The number of alkyl halides is 3. The van der Waals surface area contributed by atoms with Crippen LogP contribution in [0.1, 0.15) is 11.1 Å². The Morgan fingerprint density at radius 1 is 0.833 bits per heavy atom. The van der Waals surface area contributed by atoms with Gasteiger partial charge in [0.25, 0.3) is 10.0 Å². The molecule has 0 saturated carbocycles. The summed E-state index contributed by atoms with van der Waals surface area (Å²) in [5, 5.41) is 0.211. The Morgan fingerprint density at radius 2 is 1.47 bits per heavy atom. The molecule has 0 fully saturated rings. The second-order valence-corrected chi connectivity index (χ2v) is 9.61. The van der Waals surface area contributed by atoms with Gasteiger partial charge >= 0.3 is 12.1 Å². The summed E-state index contributed by atoms with van der Waals surface area (Å²) in [4.78, 5) is 12.2. The number of carbonyl (C=O) groups excluding carboxylic acids is 1. The van der Waals surface area contributed by atoms with Crippen molar-refractivity contribution in [1.82, 2.24) is 8.87 Å². The molecule has 0 radical (unpaired) electrons. The van der Waals surface area contributed by atoms with Gasteiger partial charge in [-0.05, 0) is 42.0 Å². The van der Waals surface area contributed by atoms with Gasteiger partial charge in [-0.2, -0.15) is 13.2 Å². The molecule has 4 aromatic rings. The van der Waals surface area contributed by atoms with Gasteiger partial charge in [-0.15, -0.1) is 0 Å². The second-order valence-electron chi connectivity index (χ2n) is 7.80. The largest absolute Gasteiger partial charge is 0.471 e. The lowest BCUT2D eigenvalue weighted by molar-refractivity contribution is -0.186. The highest BCUT2D eigenvalue weighted by Gasteiger charge is 2.43. The van der Waals surface area contributed by atoms with E-state index in [2.05, 4.69) is 0 Å². The van der Waals surface area contributed by atoms with Crippen molar-refractivity contribution in [3.63, 3.8) is 0 Å². The Hall–Kier alpha value is -3.80. The van der Waals surface area contributed by atoms with Crippen LogP contribution in [-0.2, 0) is 27.9 Å². The first kappa shape index (κ1) is 25.3. The summed E-state index contributed by atoms with van der Waals surface area (Å²) in [5.41, 5.74) is -0.394. The molecule has 0 spiro atoms. The fraction of sp³-hybridized carbons (Fsp3) is 0.125. The number of halogens is 6. The highest BCUT2D eigenvalue weighted by Crippen LogP contribution is 2.29. The summed E-state index contributed by atoms with van der Waals surface area (Å²) in [6, 6.07) is 12.7. The fourth-order valence-corrected chi connectivity index (χ4v) is 5.11. The molecule has 12 heteroatoms. The van der Waals surface area contributed by atoms with Crippen LogP contribution in [0.15, 0.2) is 77.8 Å². The zero-order valence-corrected chi connectivity index (χ0v) is 19.0. The van der Waals surface area contributed by atoms with Crippen LogP contribution in [0.2, 0.25) is 0 Å². The third kappa shape index (κ3) is 4.81. The van der Waals surface area contributed by atoms with Crippen molar-refractivity contribution in [2.24, 2.45) is 0 Å². The molecule has 1 aromatic heterocycles. The van der Waals surface area contributed by atoms with E-state index in [1.165, 1.54) is 24.3 Å². The van der Waals surface area contributed by atoms with Gasteiger partial charge in [0, 0.05) is 30.2 Å². The van der Waals surface area contributed by atoms with Crippen molar-refractivity contribution in [2.75, 3.05) is 0 Å². The van der Waals surface area contributed by atoms with E-state index in [-0.39, 0.29) is 26.3 Å². The van der Waals surface area contributed by atoms with Gasteiger partial charge in [0.1, 0.15) is 5.82 Å². The minimum atomic E-state index is -5.33. The molecule has 3 aromatic carbocycles. The lowest BCUT2D eigenvalue weighted by atomic mass is 10.1. The number of hydrogen-bond donors (Lipinski definition) is 0. The van der Waals surface area contributed by atoms with E-state index >= 15 is 0 Å². The van der Waals surface area contributed by atoms with Crippen LogP contribution < -0.4 is 0 Å². The van der Waals surface area contributed by atoms with Gasteiger partial charge in [-0.25, -0.2) is 25.6 Å². The van der Waals surface area contributed by atoms with Gasteiger partial charge in [-0.1, -0.05) is 30.3 Å².